The van der Waals surface area contributed by atoms with Crippen LogP contribution >= 0.6 is 25.3 Å². The zero-order valence-electron chi connectivity index (χ0n) is 50.6. The molecule has 1 aliphatic rings. The zero-order valence-corrected chi connectivity index (χ0v) is 52.4. The molecule has 31 nitrogen and oxygen atoms in total. The van der Waals surface area contributed by atoms with Crippen molar-refractivity contribution in [2.75, 3.05) is 31.1 Å². The molecule has 1 aliphatic heterocycles. The second kappa shape index (κ2) is 36.6. The molecule has 5 aromatic rings. The Morgan fingerprint density at radius 2 is 0.892 bits per heavy atom. The highest BCUT2D eigenvalue weighted by atomic mass is 32.1. The summed E-state index contributed by atoms with van der Waals surface area (Å²) in [6, 6.07) is 10.2. The van der Waals surface area contributed by atoms with Crippen molar-refractivity contribution >= 4 is 113 Å². The minimum atomic E-state index is -1.66. The predicted octanol–water partition coefficient (Wildman–Crippen LogP) is -3.51. The first-order valence-corrected chi connectivity index (χ1v) is 31.0. The number of rotatable bonds is 21. The van der Waals surface area contributed by atoms with Gasteiger partial charge in [0.25, 0.3) is 0 Å². The van der Waals surface area contributed by atoms with Gasteiger partial charge in [0.1, 0.15) is 54.4 Å². The van der Waals surface area contributed by atoms with Gasteiger partial charge < -0.3 is 91.2 Å². The summed E-state index contributed by atoms with van der Waals surface area (Å²) in [6.45, 7) is -0.824. The molecule has 0 radical (unpaired) electrons. The van der Waals surface area contributed by atoms with Crippen LogP contribution in [-0.2, 0) is 78.4 Å². The summed E-state index contributed by atoms with van der Waals surface area (Å²) in [4.78, 5) is 175. The van der Waals surface area contributed by atoms with Crippen molar-refractivity contribution in [1.29, 1.82) is 0 Å². The van der Waals surface area contributed by atoms with E-state index in [0.29, 0.717) is 33.3 Å². The standard InChI is InChI=1S/C60H79N19O12S2/c61-59(62)66-21-9-17-39-51(84)72-40(18-10-22-67-60(63)64)52(85)77-45(26-36-28-65-32-70-36)56(89)76-44(25-35-27-68-38-16-8-7-15-37(35)38)50(83)69-29-48(80)71-42(23-33-11-3-1-4-12-33)54(87)74-41(19-20-49(81)82)53(86)75-43(24-34-13-5-2-6-14-34)55(88)78-47(31-93)58(91)79-46(30-92)57(90)73-39/h1-8,11-16,27-28,32,39-47,68,92-93H,9-10,17-26,29-31H2,(H,65,70)(H,69,83)(H,71,80)(H,72,84)(H,73,90)(H,74,87)(H,75,86)(H,76,89)(H,77,85)(H,78,88)(H,79,91)(H,81,82)(H4,61,62,66)(H4,63,64,67)/t39-,40-,41-,42-,43-,44-,45-,46-,47-/m0/s1. The number of carboxylic acid groups (broad SMARTS) is 1. The quantitative estimate of drug-likeness (QED) is 0.0147. The number of nitrogens with zero attached hydrogens (tertiary/aromatic N) is 3. The summed E-state index contributed by atoms with van der Waals surface area (Å²) >= 11 is 8.63. The molecule has 3 aromatic carbocycles. The Labute approximate surface area is 545 Å². The van der Waals surface area contributed by atoms with Crippen LogP contribution in [0.15, 0.2) is 114 Å². The number of aromatic amines is 2. The third kappa shape index (κ3) is 23.5. The van der Waals surface area contributed by atoms with E-state index in [-0.39, 0.29) is 87.9 Å². The number of H-pyrrole nitrogens is 2. The number of imidazole rings is 1. The van der Waals surface area contributed by atoms with Crippen LogP contribution in [0.5, 0.6) is 0 Å². The molecule has 0 bridgehead atoms. The van der Waals surface area contributed by atoms with Crippen LogP contribution in [-0.4, -0.2) is 183 Å². The van der Waals surface area contributed by atoms with Gasteiger partial charge in [0.05, 0.1) is 12.9 Å². The van der Waals surface area contributed by atoms with E-state index in [0.717, 1.165) is 0 Å². The van der Waals surface area contributed by atoms with Gasteiger partial charge in [-0.25, -0.2) is 4.98 Å². The summed E-state index contributed by atoms with van der Waals surface area (Å²) in [5.41, 5.74) is 25.0. The van der Waals surface area contributed by atoms with Crippen molar-refractivity contribution in [1.82, 2.24) is 68.1 Å². The second-order valence-electron chi connectivity index (χ2n) is 21.7. The van der Waals surface area contributed by atoms with Gasteiger partial charge >= 0.3 is 5.97 Å². The maximum absolute atomic E-state index is 14.9. The topological polar surface area (TPSA) is 502 Å². The lowest BCUT2D eigenvalue weighted by molar-refractivity contribution is -0.138. The Balaban J connectivity index is 1.42. The molecule has 0 aliphatic carbocycles. The SMILES string of the molecule is NC(N)=NCCC[C@@H]1NC(=O)[C@H](CCCN=C(N)N)NC(=O)[C@H](CS)NC(=O)[C@H](CS)NC(=O)[C@H](Cc2ccccc2)NC(=O)[C@H](CCC(=O)O)NC(=O)[C@H](Cc2ccccc2)NC(=O)CNC(=O)[C@H](Cc2c[nH]c3ccccc23)NC(=O)[C@H](Cc2cnc[nH]2)NC1=O. The van der Waals surface area contributed by atoms with Gasteiger partial charge in [0.15, 0.2) is 11.9 Å². The predicted molar refractivity (Wildman–Crippen MR) is 349 cm³/mol. The fraction of sp³-hybridized carbons (Fsp3) is 0.400. The molecule has 93 heavy (non-hydrogen) atoms. The van der Waals surface area contributed by atoms with Crippen molar-refractivity contribution in [2.45, 2.75) is 119 Å². The summed E-state index contributed by atoms with van der Waals surface area (Å²) in [5.74, 6) is -12.0. The van der Waals surface area contributed by atoms with Crippen LogP contribution in [0.3, 0.4) is 0 Å². The fourth-order valence-corrected chi connectivity index (χ4v) is 10.4. The molecule has 3 heterocycles. The monoisotopic (exact) mass is 1320 g/mol. The van der Waals surface area contributed by atoms with Crippen molar-refractivity contribution in [3.63, 3.8) is 0 Å². The Morgan fingerprint density at radius 3 is 1.35 bits per heavy atom. The number of thiol groups is 2. The number of guanidine groups is 2. The molecule has 21 N–H and O–H groups in total. The van der Waals surface area contributed by atoms with Crippen LogP contribution in [0.1, 0.15) is 60.9 Å². The van der Waals surface area contributed by atoms with Crippen molar-refractivity contribution in [2.24, 2.45) is 32.9 Å². The Hall–Kier alpha value is -10.2. The number of benzene rings is 3. The maximum Gasteiger partial charge on any atom is 0.303 e. The first-order valence-electron chi connectivity index (χ1n) is 29.8. The van der Waals surface area contributed by atoms with E-state index < -0.39 is 139 Å². The number of nitrogens with one attached hydrogen (secondary N) is 12. The van der Waals surface area contributed by atoms with Gasteiger partial charge in [0.2, 0.25) is 59.1 Å². The van der Waals surface area contributed by atoms with Gasteiger partial charge in [-0.15, -0.1) is 0 Å². The van der Waals surface area contributed by atoms with Crippen LogP contribution in [0.25, 0.3) is 10.9 Å². The van der Waals surface area contributed by atoms with E-state index in [4.69, 9.17) is 22.9 Å². The minimum absolute atomic E-state index is 0.0172. The van der Waals surface area contributed by atoms with Gasteiger partial charge in [0, 0.05) is 85.7 Å². The summed E-state index contributed by atoms with van der Waals surface area (Å²) < 4.78 is 0. The Kier molecular flexibility index (Phi) is 28.3. The zero-order chi connectivity index (χ0) is 67.4. The Morgan fingerprint density at radius 1 is 0.484 bits per heavy atom. The largest absolute Gasteiger partial charge is 0.481 e. The molecule has 1 saturated heterocycles. The molecule has 1 fully saturated rings. The summed E-state index contributed by atoms with van der Waals surface area (Å²) in [6.07, 6.45) is 2.20. The van der Waals surface area contributed by atoms with Crippen LogP contribution in [0.2, 0.25) is 0 Å². The number of carbonyl (C=O) groups is 11. The molecular formula is C60H79N19O12S2. The van der Waals surface area contributed by atoms with Crippen LogP contribution in [0.4, 0.5) is 0 Å². The second-order valence-corrected chi connectivity index (χ2v) is 22.5. The Bertz CT molecular complexity index is 3440. The molecule has 0 saturated carbocycles. The number of carboxylic acids is 1. The smallest absolute Gasteiger partial charge is 0.303 e. The number of amides is 10. The average Bonchev–Trinajstić information content (AvgIpc) is 1.79. The lowest BCUT2D eigenvalue weighted by Gasteiger charge is -2.28. The van der Waals surface area contributed by atoms with E-state index >= 15 is 0 Å². The molecule has 9 atom stereocenters. The average molecular weight is 1320 g/mol. The van der Waals surface area contributed by atoms with Gasteiger partial charge in [-0.05, 0) is 54.9 Å². The number of aliphatic carboxylic acids is 1. The lowest BCUT2D eigenvalue weighted by Crippen LogP contribution is -2.61. The number of hydrogen-bond donors (Lipinski definition) is 19. The minimum Gasteiger partial charge on any atom is -0.481 e. The lowest BCUT2D eigenvalue weighted by atomic mass is 10.0. The third-order valence-electron chi connectivity index (χ3n) is 14.7. The number of nitrogens with two attached hydrogens (primary N) is 4. The number of aliphatic imine (C=N–C) groups is 2. The van der Waals surface area contributed by atoms with Crippen LogP contribution < -0.4 is 76.1 Å². The number of fused-ring (bicyclic) bond motifs is 1. The number of carbonyl (C=O) groups excluding carboxylic acids is 10. The highest BCUT2D eigenvalue weighted by molar-refractivity contribution is 7.80. The first-order chi connectivity index (χ1) is 44.6. The molecule has 10 amide bonds. The number of para-hydroxylation sites is 1. The molecule has 6 rings (SSSR count). The fourth-order valence-electron chi connectivity index (χ4n) is 9.86. The van der Waals surface area contributed by atoms with E-state index in [1.54, 1.807) is 91.1 Å². The molecule has 498 valence electrons. The summed E-state index contributed by atoms with van der Waals surface area (Å²) in [5, 5.41) is 36.6. The van der Waals surface area contributed by atoms with Crippen LogP contribution in [0, 0.1) is 0 Å². The highest BCUT2D eigenvalue weighted by Gasteiger charge is 2.36. The normalized spacial score (nSPS) is 22.2. The van der Waals surface area contributed by atoms with E-state index in [9.17, 15) is 57.8 Å². The van der Waals surface area contributed by atoms with E-state index in [1.807, 2.05) is 0 Å². The van der Waals surface area contributed by atoms with Gasteiger partial charge in [-0.2, -0.15) is 25.3 Å². The van der Waals surface area contributed by atoms with E-state index in [2.05, 4.69) is 103 Å². The maximum atomic E-state index is 14.9. The number of aromatic nitrogens is 3. The first kappa shape index (κ1) is 71.9. The molecule has 2 aromatic heterocycles. The van der Waals surface area contributed by atoms with Crippen molar-refractivity contribution in [3.05, 3.63) is 126 Å². The molecule has 33 heteroatoms. The van der Waals surface area contributed by atoms with E-state index in [1.165, 1.54) is 12.5 Å². The molecule has 0 unspecified atom stereocenters. The molecule has 0 spiro atoms. The molecular weight excluding hydrogens is 1240 g/mol. The van der Waals surface area contributed by atoms with Gasteiger partial charge in [-0.3, -0.25) is 62.7 Å². The van der Waals surface area contributed by atoms with Gasteiger partial charge in [-0.1, -0.05) is 78.9 Å². The third-order valence-corrected chi connectivity index (χ3v) is 15.4. The van der Waals surface area contributed by atoms with Crippen molar-refractivity contribution in [3.8, 4) is 0 Å². The van der Waals surface area contributed by atoms with Crippen molar-refractivity contribution < 1.29 is 57.8 Å². The summed E-state index contributed by atoms with van der Waals surface area (Å²) in [7, 11) is 0. The number of hydrogen-bond acceptors (Lipinski definition) is 16. The highest BCUT2D eigenvalue weighted by Crippen LogP contribution is 2.20.